The predicted molar refractivity (Wildman–Crippen MR) is 172 cm³/mol. The largest absolute Gasteiger partial charge is 0.496 e. The van der Waals surface area contributed by atoms with Gasteiger partial charge in [-0.15, -0.1) is 0 Å². The maximum atomic E-state index is 14.2. The highest BCUT2D eigenvalue weighted by molar-refractivity contribution is 6.04. The van der Waals surface area contributed by atoms with E-state index in [0.717, 1.165) is 74.7 Å². The number of fused-ring (bicyclic) bond motifs is 7. The highest BCUT2D eigenvalue weighted by Gasteiger charge is 2.72. The van der Waals surface area contributed by atoms with Crippen molar-refractivity contribution >= 4 is 17.8 Å². The van der Waals surface area contributed by atoms with E-state index in [9.17, 15) is 9.59 Å². The Morgan fingerprint density at radius 1 is 0.907 bits per heavy atom. The molecule has 0 aliphatic heterocycles. The van der Waals surface area contributed by atoms with Crippen LogP contribution in [-0.2, 0) is 14.3 Å². The standard InChI is InChI=1S/C39H54O4/c1-24(2)27-16-19-39(34(41)43-9)21-20-37(6)28(32(27)39)14-15-31-36(5)23-26(22-25-12-10-11-13-29(25)42-8)33(40)35(3,4)30(36)17-18-38(31,37)7/h10-13,22,27-28,30-32H,1,14-21,23H2,2-9H3/b26-22+/t27?,28?,30?,31?,32?,36-,37+,38+,39?/m0/s1. The second kappa shape index (κ2) is 10.1. The molecule has 0 aromatic heterocycles. The minimum atomic E-state index is -0.414. The molecule has 1 aromatic rings. The van der Waals surface area contributed by atoms with Crippen LogP contribution in [0.15, 0.2) is 42.0 Å². The SMILES string of the molecule is C=C(C)C1CCC2(C(=O)OC)CC[C@]3(C)C(CCC4[C@@]5(C)C/C(=C\c6ccccc6OC)C(=O)C(C)(C)C5CC[C@]43C)C12. The Kier molecular flexibility index (Phi) is 7.18. The molecule has 5 aliphatic carbocycles. The lowest BCUT2D eigenvalue weighted by Crippen LogP contribution is -2.67. The number of ether oxygens (including phenoxy) is 2. The third-order valence-corrected chi connectivity index (χ3v) is 14.7. The van der Waals surface area contributed by atoms with Crippen LogP contribution in [0.2, 0.25) is 0 Å². The zero-order chi connectivity index (χ0) is 31.2. The van der Waals surface area contributed by atoms with Gasteiger partial charge in [0, 0.05) is 11.0 Å². The van der Waals surface area contributed by atoms with Crippen LogP contribution in [0.5, 0.6) is 5.75 Å². The Balaban J connectivity index is 1.42. The van der Waals surface area contributed by atoms with Crippen molar-refractivity contribution in [3.8, 4) is 5.75 Å². The molecule has 1 aromatic carbocycles. The monoisotopic (exact) mass is 586 g/mol. The second-order valence-corrected chi connectivity index (χ2v) is 16.5. The Labute approximate surface area is 260 Å². The van der Waals surface area contributed by atoms with Crippen molar-refractivity contribution in [2.45, 2.75) is 99.3 Å². The number of benzene rings is 1. The Bertz CT molecular complexity index is 1370. The Morgan fingerprint density at radius 3 is 2.30 bits per heavy atom. The first-order valence-electron chi connectivity index (χ1n) is 16.8. The molecule has 43 heavy (non-hydrogen) atoms. The number of rotatable bonds is 4. The summed E-state index contributed by atoms with van der Waals surface area (Å²) in [6.07, 6.45) is 11.5. The van der Waals surface area contributed by atoms with E-state index in [4.69, 9.17) is 9.47 Å². The van der Waals surface area contributed by atoms with Crippen molar-refractivity contribution in [3.63, 3.8) is 0 Å². The Hall–Kier alpha value is -2.36. The third-order valence-electron chi connectivity index (χ3n) is 14.7. The molecular formula is C39H54O4. The minimum absolute atomic E-state index is 0.0184. The average Bonchev–Trinajstić information content (AvgIpc) is 3.37. The average molecular weight is 587 g/mol. The van der Waals surface area contributed by atoms with Crippen LogP contribution in [0.4, 0.5) is 0 Å². The second-order valence-electron chi connectivity index (χ2n) is 16.5. The van der Waals surface area contributed by atoms with Crippen molar-refractivity contribution < 1.29 is 19.1 Å². The summed E-state index contributed by atoms with van der Waals surface area (Å²) < 4.78 is 11.2. The van der Waals surface area contributed by atoms with E-state index in [-0.39, 0.29) is 27.6 Å². The molecule has 4 heteroatoms. The molecular weight excluding hydrogens is 532 g/mol. The highest BCUT2D eigenvalue weighted by Crippen LogP contribution is 2.77. The van der Waals surface area contributed by atoms with Gasteiger partial charge in [0.05, 0.1) is 19.6 Å². The summed E-state index contributed by atoms with van der Waals surface area (Å²) in [6.45, 7) is 18.8. The quantitative estimate of drug-likeness (QED) is 0.201. The van der Waals surface area contributed by atoms with Crippen LogP contribution in [0.3, 0.4) is 0 Å². The molecule has 0 saturated heterocycles. The van der Waals surface area contributed by atoms with Gasteiger partial charge in [-0.2, -0.15) is 0 Å². The summed E-state index contributed by atoms with van der Waals surface area (Å²) >= 11 is 0. The number of carbonyl (C=O) groups is 2. The number of allylic oxidation sites excluding steroid dienone is 2. The van der Waals surface area contributed by atoms with Gasteiger partial charge in [0.25, 0.3) is 0 Å². The smallest absolute Gasteiger partial charge is 0.312 e. The summed E-state index contributed by atoms with van der Waals surface area (Å²) in [5.41, 5.74) is 2.68. The molecule has 6 unspecified atom stereocenters. The van der Waals surface area contributed by atoms with Crippen molar-refractivity contribution in [2.75, 3.05) is 14.2 Å². The highest BCUT2D eigenvalue weighted by atomic mass is 16.5. The predicted octanol–water partition coefficient (Wildman–Crippen LogP) is 9.09. The van der Waals surface area contributed by atoms with Gasteiger partial charge < -0.3 is 9.47 Å². The first-order chi connectivity index (χ1) is 20.2. The van der Waals surface area contributed by atoms with E-state index >= 15 is 0 Å². The van der Waals surface area contributed by atoms with E-state index in [0.29, 0.717) is 35.4 Å². The molecule has 5 aliphatic rings. The first-order valence-corrected chi connectivity index (χ1v) is 16.8. The van der Waals surface area contributed by atoms with E-state index in [1.54, 1.807) is 14.2 Å². The molecule has 234 valence electrons. The number of hydrogen-bond donors (Lipinski definition) is 0. The first kappa shape index (κ1) is 30.7. The molecule has 0 spiro atoms. The van der Waals surface area contributed by atoms with Crippen molar-refractivity contribution in [1.82, 2.24) is 0 Å². The van der Waals surface area contributed by atoms with Gasteiger partial charge in [-0.25, -0.2) is 0 Å². The van der Waals surface area contributed by atoms with Crippen LogP contribution in [0.1, 0.15) is 105 Å². The van der Waals surface area contributed by atoms with Gasteiger partial charge in [-0.3, -0.25) is 9.59 Å². The van der Waals surface area contributed by atoms with E-state index in [1.807, 2.05) is 18.2 Å². The van der Waals surface area contributed by atoms with Crippen molar-refractivity contribution in [2.24, 2.45) is 56.7 Å². The maximum Gasteiger partial charge on any atom is 0.312 e. The van der Waals surface area contributed by atoms with Gasteiger partial charge >= 0.3 is 5.97 Å². The van der Waals surface area contributed by atoms with Crippen LogP contribution >= 0.6 is 0 Å². The zero-order valence-corrected chi connectivity index (χ0v) is 28.0. The Morgan fingerprint density at radius 2 is 1.63 bits per heavy atom. The van der Waals surface area contributed by atoms with E-state index in [1.165, 1.54) is 5.57 Å². The molecule has 0 amide bonds. The maximum absolute atomic E-state index is 14.2. The van der Waals surface area contributed by atoms with E-state index in [2.05, 4.69) is 60.3 Å². The fourth-order valence-corrected chi connectivity index (χ4v) is 12.7. The topological polar surface area (TPSA) is 52.6 Å². The van der Waals surface area contributed by atoms with E-state index < -0.39 is 5.41 Å². The number of ketones is 1. The molecule has 0 bridgehead atoms. The van der Waals surface area contributed by atoms with Gasteiger partial charge in [0.2, 0.25) is 0 Å². The number of Topliss-reactive ketones (excluding diaryl/α,β-unsaturated/α-hetero) is 1. The van der Waals surface area contributed by atoms with Crippen molar-refractivity contribution in [3.05, 3.63) is 47.6 Å². The summed E-state index contributed by atoms with van der Waals surface area (Å²) in [7, 11) is 3.29. The number of methoxy groups -OCH3 is 2. The number of carbonyl (C=O) groups excluding carboxylic acids is 2. The normalized spacial score (nSPS) is 44.0. The lowest BCUT2D eigenvalue weighted by Gasteiger charge is -2.72. The fraction of sp³-hybridized carbons (Fsp3) is 0.692. The summed E-state index contributed by atoms with van der Waals surface area (Å²) in [6, 6.07) is 8.05. The molecule has 5 saturated carbocycles. The molecule has 0 heterocycles. The van der Waals surface area contributed by atoms with Crippen LogP contribution in [-0.4, -0.2) is 26.0 Å². The molecule has 4 nitrogen and oxygen atoms in total. The summed E-state index contributed by atoms with van der Waals surface area (Å²) in [5, 5.41) is 0. The fourth-order valence-electron chi connectivity index (χ4n) is 12.7. The van der Waals surface area contributed by atoms with Crippen molar-refractivity contribution in [1.29, 1.82) is 0 Å². The van der Waals surface area contributed by atoms with Gasteiger partial charge in [0.1, 0.15) is 5.75 Å². The summed E-state index contributed by atoms with van der Waals surface area (Å²) in [5.74, 6) is 3.19. The molecule has 0 N–H and O–H groups in total. The van der Waals surface area contributed by atoms with Crippen LogP contribution in [0, 0.1) is 56.7 Å². The molecule has 9 atom stereocenters. The number of para-hydroxylation sites is 1. The lowest BCUT2D eigenvalue weighted by molar-refractivity contribution is -0.232. The molecule has 6 rings (SSSR count). The van der Waals surface area contributed by atoms with Crippen LogP contribution < -0.4 is 4.74 Å². The lowest BCUT2D eigenvalue weighted by atomic mass is 9.32. The van der Waals surface area contributed by atoms with Gasteiger partial charge in [-0.1, -0.05) is 65.0 Å². The summed E-state index contributed by atoms with van der Waals surface area (Å²) in [4.78, 5) is 27.7. The third kappa shape index (κ3) is 3.99. The van der Waals surface area contributed by atoms with Gasteiger partial charge in [0.15, 0.2) is 5.78 Å². The van der Waals surface area contributed by atoms with Gasteiger partial charge in [-0.05, 0) is 128 Å². The zero-order valence-electron chi connectivity index (χ0n) is 28.0. The molecule has 5 fully saturated rings. The molecule has 0 radical (unpaired) electrons. The minimum Gasteiger partial charge on any atom is -0.496 e. The van der Waals surface area contributed by atoms with Crippen LogP contribution in [0.25, 0.3) is 6.08 Å². The number of hydrogen-bond acceptors (Lipinski definition) is 4. The number of esters is 1.